The van der Waals surface area contributed by atoms with Gasteiger partial charge < -0.3 is 19.5 Å². The molecule has 2 rings (SSSR count). The summed E-state index contributed by atoms with van der Waals surface area (Å²) in [7, 11) is 0.795. The number of sulfonamides is 1. The number of rotatable bonds is 10. The van der Waals surface area contributed by atoms with Gasteiger partial charge in [0.1, 0.15) is 11.8 Å². The standard InChI is InChI=1S/C23H32N2O6S/c1-8-19(17-9-11-20(29-4)15(2)13-17)24-23(26)16(3)25(32(7,27)28)18-10-12-21(30-5)22(14-18)31-6/h9-14,16,19H,8H2,1-7H3,(H,24,26)/t16-,19-/m1/s1. The van der Waals surface area contributed by atoms with Crippen molar-refractivity contribution in [2.45, 2.75) is 39.3 Å². The first-order valence-corrected chi connectivity index (χ1v) is 12.1. The van der Waals surface area contributed by atoms with Crippen LogP contribution >= 0.6 is 0 Å². The minimum atomic E-state index is -3.77. The molecule has 0 aliphatic rings. The smallest absolute Gasteiger partial charge is 0.244 e. The maximum absolute atomic E-state index is 13.1. The third-order valence-electron chi connectivity index (χ3n) is 5.26. The third kappa shape index (κ3) is 5.64. The van der Waals surface area contributed by atoms with Gasteiger partial charge in [-0.05, 0) is 49.6 Å². The first-order chi connectivity index (χ1) is 15.1. The fourth-order valence-electron chi connectivity index (χ4n) is 3.60. The van der Waals surface area contributed by atoms with Crippen molar-refractivity contribution in [1.82, 2.24) is 5.32 Å². The second-order valence-electron chi connectivity index (χ2n) is 7.47. The van der Waals surface area contributed by atoms with E-state index in [1.165, 1.54) is 20.3 Å². The van der Waals surface area contributed by atoms with Gasteiger partial charge in [0.05, 0.1) is 39.3 Å². The van der Waals surface area contributed by atoms with Crippen LogP contribution in [0.4, 0.5) is 5.69 Å². The number of ether oxygens (including phenoxy) is 3. The van der Waals surface area contributed by atoms with Crippen LogP contribution in [0.3, 0.4) is 0 Å². The van der Waals surface area contributed by atoms with Crippen LogP contribution in [0.15, 0.2) is 36.4 Å². The molecule has 0 fully saturated rings. The Morgan fingerprint density at radius 1 is 1.00 bits per heavy atom. The topological polar surface area (TPSA) is 94.2 Å². The zero-order valence-electron chi connectivity index (χ0n) is 19.6. The Hall–Kier alpha value is -2.94. The molecule has 0 unspecified atom stereocenters. The van der Waals surface area contributed by atoms with Gasteiger partial charge in [-0.25, -0.2) is 8.42 Å². The molecule has 0 saturated carbocycles. The van der Waals surface area contributed by atoms with E-state index in [0.717, 1.165) is 27.4 Å². The zero-order valence-corrected chi connectivity index (χ0v) is 20.4. The quantitative estimate of drug-likeness (QED) is 0.579. The van der Waals surface area contributed by atoms with E-state index < -0.39 is 22.0 Å². The number of anilines is 1. The van der Waals surface area contributed by atoms with E-state index in [1.807, 2.05) is 32.0 Å². The van der Waals surface area contributed by atoms with Crippen molar-refractivity contribution in [3.05, 3.63) is 47.5 Å². The first kappa shape index (κ1) is 25.3. The number of hydrogen-bond donors (Lipinski definition) is 1. The SMILES string of the molecule is CC[C@@H](NC(=O)[C@@H](C)N(c1ccc(OC)c(OC)c1)S(C)(=O)=O)c1ccc(OC)c(C)c1. The number of hydrogen-bond acceptors (Lipinski definition) is 6. The van der Waals surface area contributed by atoms with Gasteiger partial charge in [-0.15, -0.1) is 0 Å². The minimum absolute atomic E-state index is 0.277. The third-order valence-corrected chi connectivity index (χ3v) is 6.50. The molecule has 2 aromatic rings. The maximum Gasteiger partial charge on any atom is 0.244 e. The molecule has 2 aromatic carbocycles. The number of carbonyl (C=O) groups excluding carboxylic acids is 1. The van der Waals surface area contributed by atoms with E-state index in [0.29, 0.717) is 23.6 Å². The van der Waals surface area contributed by atoms with Crippen LogP contribution in [0.1, 0.15) is 37.4 Å². The molecule has 0 aliphatic heterocycles. The highest BCUT2D eigenvalue weighted by molar-refractivity contribution is 7.92. The van der Waals surface area contributed by atoms with Gasteiger partial charge in [0.25, 0.3) is 0 Å². The summed E-state index contributed by atoms with van der Waals surface area (Å²) in [5, 5.41) is 2.98. The van der Waals surface area contributed by atoms with Crippen molar-refractivity contribution < 1.29 is 27.4 Å². The molecule has 1 amide bonds. The lowest BCUT2D eigenvalue weighted by molar-refractivity contribution is -0.122. The zero-order chi connectivity index (χ0) is 24.1. The van der Waals surface area contributed by atoms with E-state index in [4.69, 9.17) is 14.2 Å². The summed E-state index contributed by atoms with van der Waals surface area (Å²) >= 11 is 0. The van der Waals surface area contributed by atoms with Crippen LogP contribution in [0.5, 0.6) is 17.2 Å². The van der Waals surface area contributed by atoms with Crippen molar-refractivity contribution in [3.63, 3.8) is 0 Å². The molecule has 0 heterocycles. The van der Waals surface area contributed by atoms with E-state index in [9.17, 15) is 13.2 Å². The van der Waals surface area contributed by atoms with Crippen LogP contribution in [-0.2, 0) is 14.8 Å². The normalized spacial score (nSPS) is 13.1. The Balaban J connectivity index is 2.35. The molecule has 8 nitrogen and oxygen atoms in total. The highest BCUT2D eigenvalue weighted by Crippen LogP contribution is 2.33. The average molecular weight is 465 g/mol. The van der Waals surface area contributed by atoms with Crippen LogP contribution in [0.25, 0.3) is 0 Å². The summed E-state index contributed by atoms with van der Waals surface area (Å²) in [4.78, 5) is 13.1. The summed E-state index contributed by atoms with van der Waals surface area (Å²) in [6.07, 6.45) is 1.71. The fourth-order valence-corrected chi connectivity index (χ4v) is 4.77. The second kappa shape index (κ2) is 10.6. The monoisotopic (exact) mass is 464 g/mol. The highest BCUT2D eigenvalue weighted by Gasteiger charge is 2.31. The Kier molecular flexibility index (Phi) is 8.38. The van der Waals surface area contributed by atoms with E-state index in [-0.39, 0.29) is 6.04 Å². The fraction of sp³-hybridized carbons (Fsp3) is 0.435. The molecule has 1 N–H and O–H groups in total. The molecule has 9 heteroatoms. The molecule has 32 heavy (non-hydrogen) atoms. The lowest BCUT2D eigenvalue weighted by atomic mass is 10.0. The molecule has 0 saturated heterocycles. The van der Waals surface area contributed by atoms with Gasteiger partial charge in [-0.2, -0.15) is 0 Å². The first-order valence-electron chi connectivity index (χ1n) is 10.2. The predicted molar refractivity (Wildman–Crippen MR) is 125 cm³/mol. The summed E-state index contributed by atoms with van der Waals surface area (Å²) in [5.41, 5.74) is 2.18. The molecular formula is C23H32N2O6S. The highest BCUT2D eigenvalue weighted by atomic mass is 32.2. The number of aryl methyl sites for hydroxylation is 1. The Morgan fingerprint density at radius 2 is 1.59 bits per heavy atom. The van der Waals surface area contributed by atoms with E-state index in [1.54, 1.807) is 26.2 Å². The average Bonchev–Trinajstić information content (AvgIpc) is 2.76. The summed E-state index contributed by atoms with van der Waals surface area (Å²) in [6.45, 7) is 5.44. The van der Waals surface area contributed by atoms with Crippen molar-refractivity contribution >= 4 is 21.6 Å². The largest absolute Gasteiger partial charge is 0.496 e. The molecule has 176 valence electrons. The predicted octanol–water partition coefficient (Wildman–Crippen LogP) is 3.44. The molecule has 0 aliphatic carbocycles. The summed E-state index contributed by atoms with van der Waals surface area (Å²) in [5.74, 6) is 1.18. The number of nitrogens with zero attached hydrogens (tertiary/aromatic N) is 1. The van der Waals surface area contributed by atoms with Gasteiger partial charge >= 0.3 is 0 Å². The Labute approximate surface area is 190 Å². The van der Waals surface area contributed by atoms with Crippen molar-refractivity contribution in [2.75, 3.05) is 31.9 Å². The van der Waals surface area contributed by atoms with Gasteiger partial charge in [0.15, 0.2) is 11.5 Å². The van der Waals surface area contributed by atoms with Crippen LogP contribution in [0, 0.1) is 6.92 Å². The molecule has 0 spiro atoms. The van der Waals surface area contributed by atoms with Crippen molar-refractivity contribution in [1.29, 1.82) is 0 Å². The van der Waals surface area contributed by atoms with Gasteiger partial charge in [-0.1, -0.05) is 19.1 Å². The molecular weight excluding hydrogens is 432 g/mol. The van der Waals surface area contributed by atoms with Crippen molar-refractivity contribution in [3.8, 4) is 17.2 Å². The summed E-state index contributed by atoms with van der Waals surface area (Å²) in [6, 6.07) is 9.16. The summed E-state index contributed by atoms with van der Waals surface area (Å²) < 4.78 is 42.2. The van der Waals surface area contributed by atoms with E-state index in [2.05, 4.69) is 5.32 Å². The van der Waals surface area contributed by atoms with Crippen LogP contribution in [-0.4, -0.2) is 48.0 Å². The Morgan fingerprint density at radius 3 is 2.09 bits per heavy atom. The number of methoxy groups -OCH3 is 3. The molecule has 0 aromatic heterocycles. The number of nitrogens with one attached hydrogen (secondary N) is 1. The lowest BCUT2D eigenvalue weighted by Gasteiger charge is -2.30. The number of benzene rings is 2. The molecule has 0 bridgehead atoms. The minimum Gasteiger partial charge on any atom is -0.496 e. The molecule has 0 radical (unpaired) electrons. The molecule has 2 atom stereocenters. The second-order valence-corrected chi connectivity index (χ2v) is 9.33. The Bertz CT molecular complexity index is 1050. The van der Waals surface area contributed by atoms with Crippen LogP contribution < -0.4 is 23.8 Å². The maximum atomic E-state index is 13.1. The van der Waals surface area contributed by atoms with Crippen molar-refractivity contribution in [2.24, 2.45) is 0 Å². The lowest BCUT2D eigenvalue weighted by Crippen LogP contribution is -2.48. The van der Waals surface area contributed by atoms with Crippen LogP contribution in [0.2, 0.25) is 0 Å². The van der Waals surface area contributed by atoms with Gasteiger partial charge in [0, 0.05) is 6.07 Å². The number of carbonyl (C=O) groups is 1. The van der Waals surface area contributed by atoms with E-state index >= 15 is 0 Å². The van der Waals surface area contributed by atoms with Gasteiger partial charge in [-0.3, -0.25) is 9.10 Å². The number of amides is 1. The van der Waals surface area contributed by atoms with Gasteiger partial charge in [0.2, 0.25) is 15.9 Å².